The van der Waals surface area contributed by atoms with Crippen molar-refractivity contribution < 1.29 is 13.9 Å². The van der Waals surface area contributed by atoms with Gasteiger partial charge < -0.3 is 15.8 Å². The highest BCUT2D eigenvalue weighted by Crippen LogP contribution is 2.36. The van der Waals surface area contributed by atoms with Gasteiger partial charge in [0.1, 0.15) is 15.5 Å². The van der Waals surface area contributed by atoms with Crippen LogP contribution < -0.4 is 11.1 Å². The highest BCUT2D eigenvalue weighted by atomic mass is 32.1. The number of nitrogen functional groups attached to an aromatic ring is 1. The molecule has 0 aliphatic heterocycles. The van der Waals surface area contributed by atoms with Crippen LogP contribution in [0.2, 0.25) is 0 Å². The van der Waals surface area contributed by atoms with Crippen LogP contribution in [0.1, 0.15) is 20.9 Å². The lowest BCUT2D eigenvalue weighted by Gasteiger charge is -2.06. The quantitative estimate of drug-likeness (QED) is 0.755. The van der Waals surface area contributed by atoms with Crippen molar-refractivity contribution in [3.8, 4) is 0 Å². The second kappa shape index (κ2) is 6.54. The van der Waals surface area contributed by atoms with Gasteiger partial charge in [0.2, 0.25) is 0 Å². The number of amides is 1. The van der Waals surface area contributed by atoms with Gasteiger partial charge in [0.25, 0.3) is 5.91 Å². The lowest BCUT2D eigenvalue weighted by molar-refractivity contribution is 0.103. The van der Waals surface area contributed by atoms with E-state index in [2.05, 4.69) is 10.3 Å². The summed E-state index contributed by atoms with van der Waals surface area (Å²) in [5.74, 6) is -0.807. The Morgan fingerprint density at radius 1 is 1.42 bits per heavy atom. The molecule has 0 bridgehead atoms. The Kier molecular flexibility index (Phi) is 4.46. The molecule has 5 nitrogen and oxygen atoms in total. The minimum absolute atomic E-state index is 0.352. The molecule has 0 fully saturated rings. The molecule has 2 aromatic heterocycles. The van der Waals surface area contributed by atoms with Crippen LogP contribution in [0.4, 0.5) is 15.8 Å². The van der Waals surface area contributed by atoms with E-state index in [1.54, 1.807) is 13.2 Å². The van der Waals surface area contributed by atoms with Crippen LogP contribution in [0.5, 0.6) is 0 Å². The third-order valence-corrected chi connectivity index (χ3v) is 4.60. The Bertz CT molecular complexity index is 924. The second-order valence-corrected chi connectivity index (χ2v) is 6.34. The molecular weight excluding hydrogens is 329 g/mol. The first kappa shape index (κ1) is 16.4. The fraction of sp³-hybridized carbons (Fsp3) is 0.176. The van der Waals surface area contributed by atoms with Crippen molar-refractivity contribution in [1.29, 1.82) is 0 Å². The van der Waals surface area contributed by atoms with Gasteiger partial charge in [-0.25, -0.2) is 9.37 Å². The summed E-state index contributed by atoms with van der Waals surface area (Å²) in [5, 5.41) is 3.39. The molecule has 0 saturated carbocycles. The minimum atomic E-state index is -0.420. The number of thiophene rings is 1. The number of aryl methyl sites for hydroxylation is 1. The van der Waals surface area contributed by atoms with Gasteiger partial charge in [-0.05, 0) is 36.8 Å². The van der Waals surface area contributed by atoms with Gasteiger partial charge in [-0.2, -0.15) is 0 Å². The van der Waals surface area contributed by atoms with E-state index in [0.717, 1.165) is 16.6 Å². The molecule has 24 heavy (non-hydrogen) atoms. The van der Waals surface area contributed by atoms with Crippen molar-refractivity contribution >= 4 is 38.8 Å². The van der Waals surface area contributed by atoms with E-state index < -0.39 is 5.82 Å². The zero-order chi connectivity index (χ0) is 17.3. The van der Waals surface area contributed by atoms with E-state index in [1.807, 2.05) is 13.0 Å². The van der Waals surface area contributed by atoms with E-state index >= 15 is 0 Å². The normalized spacial score (nSPS) is 11.0. The molecule has 2 heterocycles. The molecule has 0 aliphatic carbocycles. The maximum Gasteiger partial charge on any atom is 0.267 e. The number of rotatable bonds is 4. The van der Waals surface area contributed by atoms with Crippen LogP contribution in [0, 0.1) is 12.7 Å². The lowest BCUT2D eigenvalue weighted by Crippen LogP contribution is -2.12. The number of halogens is 1. The highest BCUT2D eigenvalue weighted by Gasteiger charge is 2.20. The lowest BCUT2D eigenvalue weighted by atomic mass is 10.1. The highest BCUT2D eigenvalue weighted by molar-refractivity contribution is 7.21. The van der Waals surface area contributed by atoms with Gasteiger partial charge in [0.05, 0.1) is 12.3 Å². The molecule has 1 aromatic carbocycles. The van der Waals surface area contributed by atoms with Gasteiger partial charge >= 0.3 is 0 Å². The van der Waals surface area contributed by atoms with Crippen molar-refractivity contribution in [1.82, 2.24) is 4.98 Å². The smallest absolute Gasteiger partial charge is 0.267 e. The molecule has 3 rings (SSSR count). The Hall–Kier alpha value is -2.51. The number of carbonyl (C=O) groups excluding carboxylic acids is 1. The summed E-state index contributed by atoms with van der Waals surface area (Å²) >= 11 is 1.21. The molecular formula is C17H16FN3O2S. The Balaban J connectivity index is 2.02. The van der Waals surface area contributed by atoms with E-state index in [1.165, 1.54) is 29.5 Å². The molecule has 0 aliphatic rings. The summed E-state index contributed by atoms with van der Waals surface area (Å²) in [6.07, 6.45) is 0. The number of pyridine rings is 1. The molecule has 0 atom stereocenters. The molecule has 1 amide bonds. The molecule has 7 heteroatoms. The van der Waals surface area contributed by atoms with Crippen LogP contribution in [0.25, 0.3) is 10.2 Å². The number of anilines is 2. The Labute approximate surface area is 142 Å². The van der Waals surface area contributed by atoms with Crippen LogP contribution in [0.15, 0.2) is 30.3 Å². The fourth-order valence-electron chi connectivity index (χ4n) is 2.53. The topological polar surface area (TPSA) is 77.2 Å². The summed E-state index contributed by atoms with van der Waals surface area (Å²) in [5.41, 5.74) is 8.64. The van der Waals surface area contributed by atoms with Crippen molar-refractivity contribution in [3.63, 3.8) is 0 Å². The van der Waals surface area contributed by atoms with E-state index in [9.17, 15) is 9.18 Å². The van der Waals surface area contributed by atoms with Gasteiger partial charge in [0.15, 0.2) is 0 Å². The number of fused-ring (bicyclic) bond motifs is 1. The SMILES string of the molecule is COCc1cc(C)nc2sc(C(=O)Nc3cccc(F)c3)c(N)c12. The Morgan fingerprint density at radius 2 is 2.21 bits per heavy atom. The molecule has 0 saturated heterocycles. The molecule has 3 N–H and O–H groups in total. The van der Waals surface area contributed by atoms with E-state index in [-0.39, 0.29) is 5.91 Å². The number of carbonyl (C=O) groups is 1. The molecule has 0 unspecified atom stereocenters. The third kappa shape index (κ3) is 3.08. The van der Waals surface area contributed by atoms with Crippen LogP contribution in [0.3, 0.4) is 0 Å². The zero-order valence-corrected chi connectivity index (χ0v) is 14.0. The predicted octanol–water partition coefficient (Wildman–Crippen LogP) is 3.72. The summed E-state index contributed by atoms with van der Waals surface area (Å²) in [4.78, 5) is 18.0. The second-order valence-electron chi connectivity index (χ2n) is 5.35. The first-order chi connectivity index (χ1) is 11.5. The average molecular weight is 345 g/mol. The number of nitrogens with zero attached hydrogens (tertiary/aromatic N) is 1. The first-order valence-corrected chi connectivity index (χ1v) is 8.05. The minimum Gasteiger partial charge on any atom is -0.397 e. The fourth-order valence-corrected chi connectivity index (χ4v) is 3.61. The molecule has 0 spiro atoms. The third-order valence-electron chi connectivity index (χ3n) is 3.50. The van der Waals surface area contributed by atoms with Gasteiger partial charge in [-0.3, -0.25) is 4.79 Å². The number of nitrogens with one attached hydrogen (secondary N) is 1. The first-order valence-electron chi connectivity index (χ1n) is 7.24. The summed E-state index contributed by atoms with van der Waals surface area (Å²) in [7, 11) is 1.60. The van der Waals surface area contributed by atoms with Crippen molar-refractivity contribution in [2.24, 2.45) is 0 Å². The monoisotopic (exact) mass is 345 g/mol. The van der Waals surface area contributed by atoms with Crippen molar-refractivity contribution in [2.75, 3.05) is 18.2 Å². The van der Waals surface area contributed by atoms with Crippen molar-refractivity contribution in [3.05, 3.63) is 52.3 Å². The number of aromatic nitrogens is 1. The van der Waals surface area contributed by atoms with Gasteiger partial charge in [-0.1, -0.05) is 6.07 Å². The maximum atomic E-state index is 13.3. The largest absolute Gasteiger partial charge is 0.397 e. The Morgan fingerprint density at radius 3 is 2.92 bits per heavy atom. The number of methoxy groups -OCH3 is 1. The summed E-state index contributed by atoms with van der Waals surface area (Å²) in [6.45, 7) is 2.26. The zero-order valence-electron chi connectivity index (χ0n) is 13.2. The van der Waals surface area contributed by atoms with Crippen LogP contribution in [-0.2, 0) is 11.3 Å². The number of hydrogen-bond donors (Lipinski definition) is 2. The molecule has 0 radical (unpaired) electrons. The van der Waals surface area contributed by atoms with Crippen molar-refractivity contribution in [2.45, 2.75) is 13.5 Å². The van der Waals surface area contributed by atoms with E-state index in [0.29, 0.717) is 27.7 Å². The maximum absolute atomic E-state index is 13.3. The van der Waals surface area contributed by atoms with Gasteiger partial charge in [0, 0.05) is 23.9 Å². The molecule has 3 aromatic rings. The summed E-state index contributed by atoms with van der Waals surface area (Å²) < 4.78 is 18.5. The predicted molar refractivity (Wildman–Crippen MR) is 93.8 cm³/mol. The van der Waals surface area contributed by atoms with Crippen LogP contribution in [-0.4, -0.2) is 18.0 Å². The number of ether oxygens (including phenoxy) is 1. The van der Waals surface area contributed by atoms with Crippen LogP contribution >= 0.6 is 11.3 Å². The number of benzene rings is 1. The molecule has 124 valence electrons. The number of nitrogens with two attached hydrogens (primary N) is 1. The number of hydrogen-bond acceptors (Lipinski definition) is 5. The van der Waals surface area contributed by atoms with E-state index in [4.69, 9.17) is 10.5 Å². The standard InChI is InChI=1S/C17H16FN3O2S/c1-9-6-10(8-23-2)13-14(19)15(24-17(13)20-9)16(22)21-12-5-3-4-11(18)7-12/h3-7H,8,19H2,1-2H3,(H,21,22). The summed E-state index contributed by atoms with van der Waals surface area (Å²) in [6, 6.07) is 7.60. The average Bonchev–Trinajstić information content (AvgIpc) is 2.84. The van der Waals surface area contributed by atoms with Gasteiger partial charge in [-0.15, -0.1) is 11.3 Å².